The Morgan fingerprint density at radius 3 is 3.06 bits per heavy atom. The van der Waals surface area contributed by atoms with Crippen molar-refractivity contribution in [3.8, 4) is 0 Å². The highest BCUT2D eigenvalue weighted by atomic mass is 79.9. The number of carbonyl (C=O) groups is 1. The lowest BCUT2D eigenvalue weighted by Crippen LogP contribution is -2.22. The molecule has 4 nitrogen and oxygen atoms in total. The van der Waals surface area contributed by atoms with Crippen molar-refractivity contribution in [3.05, 3.63) is 31.4 Å². The van der Waals surface area contributed by atoms with E-state index in [-0.39, 0.29) is 5.91 Å². The molecule has 2 aromatic heterocycles. The molecule has 0 saturated carbocycles. The van der Waals surface area contributed by atoms with Crippen LogP contribution in [0.4, 0.5) is 0 Å². The molecule has 0 aliphatic rings. The molecular weight excluding hydrogens is 322 g/mol. The molecule has 0 saturated heterocycles. The number of hydrogen-bond donors (Lipinski definition) is 1. The summed E-state index contributed by atoms with van der Waals surface area (Å²) in [6.45, 7) is 2.50. The standard InChI is InChI=1S/C10H10BrN3OS2/c1-2-8-9(17-14-13-8)10(15)12-4-7-3-6(11)5-16-7/h3,5H,2,4H2,1H3,(H,12,15). The van der Waals surface area contributed by atoms with E-state index in [0.717, 1.165) is 33.0 Å². The van der Waals surface area contributed by atoms with Gasteiger partial charge in [0, 0.05) is 14.7 Å². The summed E-state index contributed by atoms with van der Waals surface area (Å²) in [7, 11) is 0. The number of aryl methyl sites for hydroxylation is 1. The zero-order chi connectivity index (χ0) is 12.3. The van der Waals surface area contributed by atoms with Crippen molar-refractivity contribution in [3.63, 3.8) is 0 Å². The van der Waals surface area contributed by atoms with Crippen LogP contribution in [0.25, 0.3) is 0 Å². The lowest BCUT2D eigenvalue weighted by molar-refractivity contribution is 0.0954. The Morgan fingerprint density at radius 2 is 2.41 bits per heavy atom. The Hall–Kier alpha value is -0.790. The van der Waals surface area contributed by atoms with Gasteiger partial charge in [-0.3, -0.25) is 4.79 Å². The SMILES string of the molecule is CCc1nnsc1C(=O)NCc1cc(Br)cs1. The second-order valence-corrected chi connectivity index (χ2v) is 5.98. The second-order valence-electron chi connectivity index (χ2n) is 3.32. The van der Waals surface area contributed by atoms with E-state index < -0.39 is 0 Å². The van der Waals surface area contributed by atoms with Gasteiger partial charge in [0.2, 0.25) is 0 Å². The molecule has 2 rings (SSSR count). The third kappa shape index (κ3) is 3.11. The molecule has 17 heavy (non-hydrogen) atoms. The van der Waals surface area contributed by atoms with Gasteiger partial charge < -0.3 is 5.32 Å². The maximum Gasteiger partial charge on any atom is 0.265 e. The highest BCUT2D eigenvalue weighted by Crippen LogP contribution is 2.19. The number of thiophene rings is 1. The number of hydrogen-bond acceptors (Lipinski definition) is 5. The largest absolute Gasteiger partial charge is 0.346 e. The van der Waals surface area contributed by atoms with Crippen LogP contribution in [0.15, 0.2) is 15.9 Å². The molecule has 7 heteroatoms. The fourth-order valence-corrected chi connectivity index (χ4v) is 3.36. The summed E-state index contributed by atoms with van der Waals surface area (Å²) in [5, 5.41) is 8.78. The van der Waals surface area contributed by atoms with Gasteiger partial charge in [-0.2, -0.15) is 0 Å². The normalized spacial score (nSPS) is 10.5. The van der Waals surface area contributed by atoms with E-state index in [2.05, 4.69) is 30.8 Å². The van der Waals surface area contributed by atoms with E-state index in [4.69, 9.17) is 0 Å². The Balaban J connectivity index is 1.98. The smallest absolute Gasteiger partial charge is 0.265 e. The van der Waals surface area contributed by atoms with Crippen LogP contribution in [0.5, 0.6) is 0 Å². The maximum absolute atomic E-state index is 11.9. The van der Waals surface area contributed by atoms with Gasteiger partial charge in [-0.25, -0.2) is 0 Å². The Bertz CT molecular complexity index is 523. The Morgan fingerprint density at radius 1 is 1.59 bits per heavy atom. The molecular formula is C10H10BrN3OS2. The quantitative estimate of drug-likeness (QED) is 0.937. The van der Waals surface area contributed by atoms with E-state index in [1.54, 1.807) is 11.3 Å². The van der Waals surface area contributed by atoms with Crippen LogP contribution in [0.1, 0.15) is 27.2 Å². The summed E-state index contributed by atoms with van der Waals surface area (Å²) in [5.74, 6) is -0.0960. The lowest BCUT2D eigenvalue weighted by atomic mass is 10.3. The third-order valence-corrected chi connectivity index (χ3v) is 4.61. The van der Waals surface area contributed by atoms with Crippen molar-refractivity contribution in [2.24, 2.45) is 0 Å². The Labute approximate surface area is 115 Å². The van der Waals surface area contributed by atoms with Crippen LogP contribution in [0.3, 0.4) is 0 Å². The topological polar surface area (TPSA) is 54.9 Å². The first-order valence-electron chi connectivity index (χ1n) is 5.03. The maximum atomic E-state index is 11.9. The van der Waals surface area contributed by atoms with E-state index >= 15 is 0 Å². The van der Waals surface area contributed by atoms with Crippen LogP contribution in [-0.2, 0) is 13.0 Å². The van der Waals surface area contributed by atoms with Crippen LogP contribution >= 0.6 is 38.8 Å². The highest BCUT2D eigenvalue weighted by molar-refractivity contribution is 9.10. The number of amides is 1. The molecule has 0 atom stereocenters. The third-order valence-electron chi connectivity index (χ3n) is 2.14. The zero-order valence-corrected chi connectivity index (χ0v) is 12.3. The minimum Gasteiger partial charge on any atom is -0.346 e. The number of nitrogens with one attached hydrogen (secondary N) is 1. The Kier molecular flexibility index (Phi) is 4.25. The van der Waals surface area contributed by atoms with Gasteiger partial charge in [-0.15, -0.1) is 16.4 Å². The number of aromatic nitrogens is 2. The molecule has 0 bridgehead atoms. The molecule has 90 valence electrons. The van der Waals surface area contributed by atoms with Crippen molar-refractivity contribution in [1.82, 2.24) is 14.9 Å². The van der Waals surface area contributed by atoms with Gasteiger partial charge in [0.1, 0.15) is 4.88 Å². The monoisotopic (exact) mass is 331 g/mol. The molecule has 0 fully saturated rings. The number of rotatable bonds is 4. The number of halogens is 1. The average Bonchev–Trinajstić information content (AvgIpc) is 2.94. The number of nitrogens with zero attached hydrogens (tertiary/aromatic N) is 2. The van der Waals surface area contributed by atoms with E-state index in [0.29, 0.717) is 11.4 Å². The van der Waals surface area contributed by atoms with Gasteiger partial charge in [0.15, 0.2) is 0 Å². The van der Waals surface area contributed by atoms with Crippen molar-refractivity contribution in [2.45, 2.75) is 19.9 Å². The molecule has 0 spiro atoms. The first kappa shape index (κ1) is 12.7. The molecule has 2 heterocycles. The second kappa shape index (κ2) is 5.70. The molecule has 1 N–H and O–H groups in total. The van der Waals surface area contributed by atoms with Crippen molar-refractivity contribution >= 4 is 44.7 Å². The summed E-state index contributed by atoms with van der Waals surface area (Å²) in [5.41, 5.74) is 0.764. The highest BCUT2D eigenvalue weighted by Gasteiger charge is 2.14. The van der Waals surface area contributed by atoms with Crippen molar-refractivity contribution < 1.29 is 4.79 Å². The van der Waals surface area contributed by atoms with Crippen LogP contribution in [0.2, 0.25) is 0 Å². The van der Waals surface area contributed by atoms with Gasteiger partial charge in [0.05, 0.1) is 12.2 Å². The van der Waals surface area contributed by atoms with Gasteiger partial charge in [0.25, 0.3) is 5.91 Å². The molecule has 0 unspecified atom stereocenters. The first-order chi connectivity index (χ1) is 8.20. The molecule has 0 aromatic carbocycles. The fraction of sp³-hybridized carbons (Fsp3) is 0.300. The van der Waals surface area contributed by atoms with Crippen molar-refractivity contribution in [1.29, 1.82) is 0 Å². The lowest BCUT2D eigenvalue weighted by Gasteiger charge is -2.01. The fourth-order valence-electron chi connectivity index (χ4n) is 1.31. The van der Waals surface area contributed by atoms with E-state index in [1.807, 2.05) is 18.4 Å². The molecule has 1 amide bonds. The van der Waals surface area contributed by atoms with E-state index in [9.17, 15) is 4.79 Å². The summed E-state index contributed by atoms with van der Waals surface area (Å²) < 4.78 is 4.84. The molecule has 0 aliphatic carbocycles. The van der Waals surface area contributed by atoms with Gasteiger partial charge in [-0.05, 0) is 39.9 Å². The van der Waals surface area contributed by atoms with E-state index in [1.165, 1.54) is 0 Å². The average molecular weight is 332 g/mol. The number of carbonyl (C=O) groups excluding carboxylic acids is 1. The predicted octanol–water partition coefficient (Wildman–Crippen LogP) is 2.85. The van der Waals surface area contributed by atoms with Gasteiger partial charge in [-0.1, -0.05) is 11.4 Å². The molecule has 0 aliphatic heterocycles. The minimum absolute atomic E-state index is 0.0960. The van der Waals surface area contributed by atoms with Crippen molar-refractivity contribution in [2.75, 3.05) is 0 Å². The summed E-state index contributed by atoms with van der Waals surface area (Å²) in [6.07, 6.45) is 0.726. The summed E-state index contributed by atoms with van der Waals surface area (Å²) >= 11 is 6.13. The van der Waals surface area contributed by atoms with Crippen LogP contribution in [0, 0.1) is 0 Å². The predicted molar refractivity (Wildman–Crippen MR) is 72.5 cm³/mol. The summed E-state index contributed by atoms with van der Waals surface area (Å²) in [4.78, 5) is 13.6. The minimum atomic E-state index is -0.0960. The first-order valence-corrected chi connectivity index (χ1v) is 7.47. The van der Waals surface area contributed by atoms with Crippen LogP contribution < -0.4 is 5.32 Å². The zero-order valence-electron chi connectivity index (χ0n) is 9.07. The van der Waals surface area contributed by atoms with Gasteiger partial charge >= 0.3 is 0 Å². The van der Waals surface area contributed by atoms with Crippen LogP contribution in [-0.4, -0.2) is 15.5 Å². The molecule has 2 aromatic rings. The summed E-state index contributed by atoms with van der Waals surface area (Å²) in [6, 6.07) is 2.00. The molecule has 0 radical (unpaired) electrons.